The smallest absolute Gasteiger partial charge is 0.274 e. The van der Waals surface area contributed by atoms with Gasteiger partial charge in [-0.25, -0.2) is 13.5 Å². The molecule has 1 amide bonds. The molecule has 0 unspecified atom stereocenters. The number of carbonyl (C=O) groups is 1. The molecular weight excluding hydrogens is 352 g/mol. The summed E-state index contributed by atoms with van der Waals surface area (Å²) in [5, 5.41) is 1.11. The monoisotopic (exact) mass is 368 g/mol. The van der Waals surface area contributed by atoms with E-state index in [9.17, 15) is 13.2 Å². The van der Waals surface area contributed by atoms with Crippen LogP contribution >= 0.6 is 11.6 Å². The maximum Gasteiger partial charge on any atom is 0.278 e. The van der Waals surface area contributed by atoms with E-state index in [1.165, 1.54) is 39.4 Å². The van der Waals surface area contributed by atoms with Crippen molar-refractivity contribution in [3.63, 3.8) is 0 Å². The lowest BCUT2D eigenvalue weighted by molar-refractivity contribution is -0.0757. The van der Waals surface area contributed by atoms with Gasteiger partial charge in [0, 0.05) is 14.1 Å². The van der Waals surface area contributed by atoms with Crippen molar-refractivity contribution in [1.29, 1.82) is 0 Å². The number of hydrogen-bond donors (Lipinski definition) is 0. The molecule has 0 heterocycles. The SMILES string of the molecule is CON(C)C(=O)c1cc(S(=O)(=O)N(C)c2ccccc2)ccc1Cl. The van der Waals surface area contributed by atoms with Crippen LogP contribution < -0.4 is 4.31 Å². The highest BCUT2D eigenvalue weighted by Gasteiger charge is 2.24. The van der Waals surface area contributed by atoms with Gasteiger partial charge in [0.1, 0.15) is 0 Å². The second-order valence-corrected chi connectivity index (χ2v) is 7.31. The first kappa shape index (κ1) is 18.3. The highest BCUT2D eigenvalue weighted by molar-refractivity contribution is 7.92. The number of hydrogen-bond acceptors (Lipinski definition) is 4. The summed E-state index contributed by atoms with van der Waals surface area (Å²) < 4.78 is 26.7. The van der Waals surface area contributed by atoms with Crippen molar-refractivity contribution in [1.82, 2.24) is 5.06 Å². The Morgan fingerprint density at radius 1 is 1.08 bits per heavy atom. The van der Waals surface area contributed by atoms with Crippen LogP contribution in [0, 0.1) is 0 Å². The summed E-state index contributed by atoms with van der Waals surface area (Å²) in [7, 11) is 0.354. The molecule has 0 atom stereocenters. The van der Waals surface area contributed by atoms with Gasteiger partial charge in [0.25, 0.3) is 15.9 Å². The van der Waals surface area contributed by atoms with Gasteiger partial charge in [-0.15, -0.1) is 0 Å². The number of rotatable bonds is 5. The van der Waals surface area contributed by atoms with E-state index in [0.717, 1.165) is 9.37 Å². The van der Waals surface area contributed by atoms with Crippen LogP contribution in [0.2, 0.25) is 5.02 Å². The zero-order valence-electron chi connectivity index (χ0n) is 13.4. The van der Waals surface area contributed by atoms with Gasteiger partial charge in [0.2, 0.25) is 0 Å². The van der Waals surface area contributed by atoms with Gasteiger partial charge in [-0.05, 0) is 30.3 Å². The highest BCUT2D eigenvalue weighted by Crippen LogP contribution is 2.26. The number of nitrogens with zero attached hydrogens (tertiary/aromatic N) is 2. The summed E-state index contributed by atoms with van der Waals surface area (Å²) in [6.07, 6.45) is 0. The fourth-order valence-corrected chi connectivity index (χ4v) is 3.44. The summed E-state index contributed by atoms with van der Waals surface area (Å²) in [6.45, 7) is 0. The minimum Gasteiger partial charge on any atom is -0.274 e. The van der Waals surface area contributed by atoms with E-state index in [1.54, 1.807) is 30.3 Å². The molecule has 2 rings (SSSR count). The minimum absolute atomic E-state index is 0.0360. The van der Waals surface area contributed by atoms with E-state index in [1.807, 2.05) is 0 Å². The molecule has 0 N–H and O–H groups in total. The van der Waals surface area contributed by atoms with E-state index >= 15 is 0 Å². The second kappa shape index (κ2) is 7.21. The fraction of sp³-hybridized carbons (Fsp3) is 0.188. The summed E-state index contributed by atoms with van der Waals surface area (Å²) >= 11 is 6.03. The standard InChI is InChI=1S/C16H17ClN2O4S/c1-18(23-3)16(20)14-11-13(9-10-15(14)17)24(21,22)19(2)12-7-5-4-6-8-12/h4-11H,1-3H3. The zero-order valence-corrected chi connectivity index (χ0v) is 15.0. The van der Waals surface area contributed by atoms with Crippen LogP contribution in [0.4, 0.5) is 5.69 Å². The van der Waals surface area contributed by atoms with Crippen molar-refractivity contribution in [3.8, 4) is 0 Å². The van der Waals surface area contributed by atoms with Crippen LogP contribution in [0.3, 0.4) is 0 Å². The molecule has 2 aromatic rings. The van der Waals surface area contributed by atoms with E-state index in [4.69, 9.17) is 16.4 Å². The summed E-state index contributed by atoms with van der Waals surface area (Å²) in [4.78, 5) is 17.0. The first-order valence-corrected chi connectivity index (χ1v) is 8.76. The van der Waals surface area contributed by atoms with Crippen molar-refractivity contribution < 1.29 is 18.0 Å². The molecule has 0 aromatic heterocycles. The van der Waals surface area contributed by atoms with Crippen LogP contribution in [0.5, 0.6) is 0 Å². The van der Waals surface area contributed by atoms with Crippen LogP contribution in [-0.4, -0.2) is 40.6 Å². The Labute approximate surface area is 146 Å². The minimum atomic E-state index is -3.83. The lowest BCUT2D eigenvalue weighted by atomic mass is 10.2. The molecule has 0 fully saturated rings. The second-order valence-electron chi connectivity index (χ2n) is 4.93. The Morgan fingerprint density at radius 2 is 1.71 bits per heavy atom. The molecule has 0 aliphatic rings. The van der Waals surface area contributed by atoms with Crippen LogP contribution in [0.25, 0.3) is 0 Å². The number of carbonyl (C=O) groups excluding carboxylic acids is 1. The van der Waals surface area contributed by atoms with E-state index < -0.39 is 15.9 Å². The van der Waals surface area contributed by atoms with Crippen LogP contribution in [-0.2, 0) is 14.9 Å². The normalized spacial score (nSPS) is 11.2. The van der Waals surface area contributed by atoms with Crippen LogP contribution in [0.1, 0.15) is 10.4 Å². The summed E-state index contributed by atoms with van der Waals surface area (Å²) in [5.74, 6) is -0.540. The van der Waals surface area contributed by atoms with Gasteiger partial charge in [-0.1, -0.05) is 29.8 Å². The number of hydroxylamine groups is 2. The lowest BCUT2D eigenvalue weighted by Crippen LogP contribution is -2.28. The Bertz CT molecular complexity index is 840. The molecule has 0 aliphatic heterocycles. The van der Waals surface area contributed by atoms with Gasteiger partial charge in [-0.2, -0.15) is 0 Å². The van der Waals surface area contributed by atoms with E-state index in [0.29, 0.717) is 5.69 Å². The summed E-state index contributed by atoms with van der Waals surface area (Å²) in [6, 6.07) is 12.6. The lowest BCUT2D eigenvalue weighted by Gasteiger charge is -2.20. The van der Waals surface area contributed by atoms with Crippen molar-refractivity contribution >= 4 is 33.2 Å². The molecule has 0 spiro atoms. The van der Waals surface area contributed by atoms with Gasteiger partial charge >= 0.3 is 0 Å². The molecule has 128 valence electrons. The molecule has 6 nitrogen and oxygen atoms in total. The number of para-hydroxylation sites is 1. The molecule has 0 aliphatic carbocycles. The first-order valence-electron chi connectivity index (χ1n) is 6.94. The molecule has 2 aromatic carbocycles. The predicted molar refractivity (Wildman–Crippen MR) is 92.6 cm³/mol. The number of amides is 1. The third-order valence-corrected chi connectivity index (χ3v) is 5.62. The maximum absolute atomic E-state index is 12.8. The average molecular weight is 369 g/mol. The number of halogens is 1. The molecule has 0 saturated carbocycles. The van der Waals surface area contributed by atoms with Crippen molar-refractivity contribution in [2.24, 2.45) is 0 Å². The number of sulfonamides is 1. The van der Waals surface area contributed by atoms with Crippen molar-refractivity contribution in [3.05, 3.63) is 59.1 Å². The Balaban J connectivity index is 2.47. The summed E-state index contributed by atoms with van der Waals surface area (Å²) in [5.41, 5.74) is 0.554. The van der Waals surface area contributed by atoms with E-state index in [2.05, 4.69) is 0 Å². The first-order chi connectivity index (χ1) is 11.3. The number of anilines is 1. The highest BCUT2D eigenvalue weighted by atomic mass is 35.5. The molecular formula is C16H17ClN2O4S. The van der Waals surface area contributed by atoms with E-state index in [-0.39, 0.29) is 15.5 Å². The van der Waals surface area contributed by atoms with Gasteiger partial charge < -0.3 is 0 Å². The largest absolute Gasteiger partial charge is 0.278 e. The topological polar surface area (TPSA) is 66.9 Å². The van der Waals surface area contributed by atoms with Gasteiger partial charge in [0.05, 0.1) is 28.3 Å². The van der Waals surface area contributed by atoms with Gasteiger partial charge in [-0.3, -0.25) is 13.9 Å². The Kier molecular flexibility index (Phi) is 5.48. The quantitative estimate of drug-likeness (QED) is 0.761. The van der Waals surface area contributed by atoms with Crippen LogP contribution in [0.15, 0.2) is 53.4 Å². The third-order valence-electron chi connectivity index (χ3n) is 3.51. The molecule has 0 radical (unpaired) electrons. The van der Waals surface area contributed by atoms with Gasteiger partial charge in [0.15, 0.2) is 0 Å². The maximum atomic E-state index is 12.8. The zero-order chi connectivity index (χ0) is 17.9. The predicted octanol–water partition coefficient (Wildman–Crippen LogP) is 2.80. The van der Waals surface area contributed by atoms with Crippen molar-refractivity contribution in [2.75, 3.05) is 25.5 Å². The molecule has 0 bridgehead atoms. The number of benzene rings is 2. The molecule has 8 heteroatoms. The third kappa shape index (κ3) is 3.53. The molecule has 24 heavy (non-hydrogen) atoms. The average Bonchev–Trinajstić information content (AvgIpc) is 2.60. The van der Waals surface area contributed by atoms with Crippen molar-refractivity contribution in [2.45, 2.75) is 4.90 Å². The molecule has 0 saturated heterocycles. The fourth-order valence-electron chi connectivity index (χ4n) is 2.02. The Morgan fingerprint density at radius 3 is 2.29 bits per heavy atom. The Hall–Kier alpha value is -2.09.